The van der Waals surface area contributed by atoms with E-state index in [4.69, 9.17) is 0 Å². The number of benzene rings is 1. The van der Waals surface area contributed by atoms with Gasteiger partial charge in [0.05, 0.1) is 19.3 Å². The van der Waals surface area contributed by atoms with Crippen LogP contribution >= 0.6 is 0 Å². The number of alkyl halides is 2. The van der Waals surface area contributed by atoms with Crippen LogP contribution in [0, 0.1) is 0 Å². The second-order valence-corrected chi connectivity index (χ2v) is 3.15. The number of carbonyl (C=O) groups is 1. The fraction of sp³-hybridized carbons (Fsp3) is 0.364. The summed E-state index contributed by atoms with van der Waals surface area (Å²) in [6.45, 7) is 1.27. The van der Waals surface area contributed by atoms with Crippen LogP contribution < -0.4 is 4.74 Å². The van der Waals surface area contributed by atoms with E-state index >= 15 is 0 Å². The summed E-state index contributed by atoms with van der Waals surface area (Å²) in [5.41, 5.74) is -0.724. The van der Waals surface area contributed by atoms with Crippen LogP contribution in [0.3, 0.4) is 0 Å². The van der Waals surface area contributed by atoms with Crippen molar-refractivity contribution < 1.29 is 28.2 Å². The number of hydrogen-bond acceptors (Lipinski definition) is 4. The Hall–Kier alpha value is -1.85. The molecule has 0 atom stereocenters. The van der Waals surface area contributed by atoms with Crippen molar-refractivity contribution in [3.05, 3.63) is 23.8 Å². The fourth-order valence-corrected chi connectivity index (χ4v) is 1.32. The van der Waals surface area contributed by atoms with Crippen LogP contribution in [0.15, 0.2) is 18.2 Å². The number of phenolic OH excluding ortho intramolecular Hbond substituents is 1. The molecule has 0 aliphatic heterocycles. The van der Waals surface area contributed by atoms with Gasteiger partial charge in [-0.2, -0.15) is 8.78 Å². The van der Waals surface area contributed by atoms with E-state index in [-0.39, 0.29) is 6.61 Å². The summed E-state index contributed by atoms with van der Waals surface area (Å²) in [6, 6.07) is 3.37. The number of methoxy groups -OCH3 is 1. The van der Waals surface area contributed by atoms with Crippen LogP contribution in [-0.2, 0) is 15.5 Å². The summed E-state index contributed by atoms with van der Waals surface area (Å²) in [7, 11) is 1.12. The lowest BCUT2D eigenvalue weighted by molar-refractivity contribution is -0.173. The van der Waals surface area contributed by atoms with Gasteiger partial charge in [-0.1, -0.05) is 6.07 Å². The maximum Gasteiger partial charge on any atom is 0.382 e. The van der Waals surface area contributed by atoms with Gasteiger partial charge in [0.15, 0.2) is 11.5 Å². The summed E-state index contributed by atoms with van der Waals surface area (Å²) in [6.07, 6.45) is 0. The molecule has 0 amide bonds. The highest BCUT2D eigenvalue weighted by molar-refractivity contribution is 5.80. The monoisotopic (exact) mass is 246 g/mol. The van der Waals surface area contributed by atoms with Gasteiger partial charge in [0.1, 0.15) is 0 Å². The molecule has 0 saturated heterocycles. The Labute approximate surface area is 96.8 Å². The van der Waals surface area contributed by atoms with Gasteiger partial charge in [0, 0.05) is 0 Å². The molecule has 0 aromatic heterocycles. The smallest absolute Gasteiger partial charge is 0.382 e. The van der Waals surface area contributed by atoms with Crippen LogP contribution in [0.2, 0.25) is 0 Å². The second kappa shape index (κ2) is 4.99. The van der Waals surface area contributed by atoms with E-state index in [1.54, 1.807) is 0 Å². The minimum absolute atomic E-state index is 0.157. The Morgan fingerprint density at radius 3 is 2.65 bits per heavy atom. The minimum Gasteiger partial charge on any atom is -0.504 e. The Morgan fingerprint density at radius 2 is 2.12 bits per heavy atom. The first-order valence-electron chi connectivity index (χ1n) is 4.86. The molecule has 1 rings (SSSR count). The van der Waals surface area contributed by atoms with Crippen LogP contribution in [0.5, 0.6) is 11.5 Å². The van der Waals surface area contributed by atoms with Crippen molar-refractivity contribution in [2.24, 2.45) is 0 Å². The number of rotatable bonds is 4. The molecule has 0 spiro atoms. The first-order valence-corrected chi connectivity index (χ1v) is 4.86. The van der Waals surface area contributed by atoms with E-state index in [1.807, 2.05) is 0 Å². The van der Waals surface area contributed by atoms with Crippen molar-refractivity contribution in [1.82, 2.24) is 0 Å². The van der Waals surface area contributed by atoms with Crippen LogP contribution in [0.25, 0.3) is 0 Å². The normalized spacial score (nSPS) is 11.1. The number of para-hydroxylation sites is 1. The Morgan fingerprint density at radius 1 is 1.47 bits per heavy atom. The number of halogens is 2. The zero-order valence-electron chi connectivity index (χ0n) is 9.37. The molecule has 6 heteroatoms. The third-order valence-electron chi connectivity index (χ3n) is 2.07. The third-order valence-corrected chi connectivity index (χ3v) is 2.07. The molecule has 17 heavy (non-hydrogen) atoms. The van der Waals surface area contributed by atoms with Crippen molar-refractivity contribution in [2.45, 2.75) is 12.8 Å². The lowest BCUT2D eigenvalue weighted by Gasteiger charge is -2.18. The summed E-state index contributed by atoms with van der Waals surface area (Å²) in [5, 5.41) is 9.36. The zero-order valence-corrected chi connectivity index (χ0v) is 9.37. The van der Waals surface area contributed by atoms with Crippen molar-refractivity contribution >= 4 is 5.97 Å². The number of hydrogen-bond donors (Lipinski definition) is 1. The number of ether oxygens (including phenoxy) is 2. The quantitative estimate of drug-likeness (QED) is 0.826. The lowest BCUT2D eigenvalue weighted by atomic mass is 10.1. The Bertz CT molecular complexity index is 418. The summed E-state index contributed by atoms with van der Waals surface area (Å²) in [5.74, 6) is -6.44. The molecule has 0 aliphatic carbocycles. The number of aromatic hydroxyl groups is 1. The topological polar surface area (TPSA) is 55.8 Å². The van der Waals surface area contributed by atoms with Crippen molar-refractivity contribution in [1.29, 1.82) is 0 Å². The molecule has 0 fully saturated rings. The highest BCUT2D eigenvalue weighted by atomic mass is 19.3. The van der Waals surface area contributed by atoms with E-state index in [9.17, 15) is 18.7 Å². The number of phenols is 1. The molecule has 0 aliphatic rings. The number of esters is 1. The van der Waals surface area contributed by atoms with Gasteiger partial charge in [-0.25, -0.2) is 4.79 Å². The van der Waals surface area contributed by atoms with Gasteiger partial charge in [-0.15, -0.1) is 0 Å². The predicted molar refractivity (Wildman–Crippen MR) is 55.2 cm³/mol. The molecular weight excluding hydrogens is 234 g/mol. The molecule has 0 unspecified atom stereocenters. The summed E-state index contributed by atoms with van der Waals surface area (Å²) >= 11 is 0. The Kier molecular flexibility index (Phi) is 3.88. The SMILES string of the molecule is CCOC(=O)C(F)(F)c1cccc(O)c1OC. The molecule has 1 aromatic rings. The molecule has 1 aromatic carbocycles. The highest BCUT2D eigenvalue weighted by Gasteiger charge is 2.45. The molecule has 1 N–H and O–H groups in total. The van der Waals surface area contributed by atoms with Gasteiger partial charge in [-0.3, -0.25) is 0 Å². The van der Waals surface area contributed by atoms with E-state index in [1.165, 1.54) is 19.1 Å². The molecule has 4 nitrogen and oxygen atoms in total. The maximum absolute atomic E-state index is 13.7. The Balaban J connectivity index is 3.23. The number of carbonyl (C=O) groups excluding carboxylic acids is 1. The minimum atomic E-state index is -3.86. The maximum atomic E-state index is 13.7. The molecule has 0 heterocycles. The lowest BCUT2D eigenvalue weighted by Crippen LogP contribution is -2.28. The van der Waals surface area contributed by atoms with Gasteiger partial charge in [-0.05, 0) is 19.1 Å². The van der Waals surface area contributed by atoms with Crippen LogP contribution in [-0.4, -0.2) is 24.8 Å². The van der Waals surface area contributed by atoms with Crippen LogP contribution in [0.1, 0.15) is 12.5 Å². The first kappa shape index (κ1) is 13.2. The molecule has 0 radical (unpaired) electrons. The first-order chi connectivity index (χ1) is 7.95. The van der Waals surface area contributed by atoms with Gasteiger partial charge < -0.3 is 14.6 Å². The zero-order chi connectivity index (χ0) is 13.1. The molecule has 0 saturated carbocycles. The largest absolute Gasteiger partial charge is 0.504 e. The standard InChI is InChI=1S/C11H12F2O4/c1-3-17-10(15)11(12,13)7-5-4-6-8(14)9(7)16-2/h4-6,14H,3H2,1-2H3. The van der Waals surface area contributed by atoms with E-state index < -0.39 is 29.0 Å². The predicted octanol–water partition coefficient (Wildman–Crippen LogP) is 2.06. The van der Waals surface area contributed by atoms with Gasteiger partial charge in [0.2, 0.25) is 0 Å². The van der Waals surface area contributed by atoms with E-state index in [0.717, 1.165) is 13.2 Å². The average molecular weight is 246 g/mol. The van der Waals surface area contributed by atoms with E-state index in [2.05, 4.69) is 9.47 Å². The molecule has 94 valence electrons. The third kappa shape index (κ3) is 2.46. The summed E-state index contributed by atoms with van der Waals surface area (Å²) in [4.78, 5) is 11.1. The molecular formula is C11H12F2O4. The van der Waals surface area contributed by atoms with Crippen molar-refractivity contribution in [3.63, 3.8) is 0 Å². The summed E-state index contributed by atoms with van der Waals surface area (Å²) < 4.78 is 36.3. The van der Waals surface area contributed by atoms with E-state index in [0.29, 0.717) is 0 Å². The average Bonchev–Trinajstić information content (AvgIpc) is 2.29. The highest BCUT2D eigenvalue weighted by Crippen LogP contribution is 2.40. The fourth-order valence-electron chi connectivity index (χ4n) is 1.32. The molecule has 0 bridgehead atoms. The van der Waals surface area contributed by atoms with Gasteiger partial charge >= 0.3 is 11.9 Å². The van der Waals surface area contributed by atoms with Gasteiger partial charge in [0.25, 0.3) is 0 Å². The van der Waals surface area contributed by atoms with Crippen molar-refractivity contribution in [2.75, 3.05) is 13.7 Å². The van der Waals surface area contributed by atoms with Crippen molar-refractivity contribution in [3.8, 4) is 11.5 Å². The second-order valence-electron chi connectivity index (χ2n) is 3.15. The van der Waals surface area contributed by atoms with Crippen LogP contribution in [0.4, 0.5) is 8.78 Å².